The Balaban J connectivity index is 0.000000121. The molecule has 0 radical (unpaired) electrons. The Morgan fingerprint density at radius 3 is 2.00 bits per heavy atom. The number of phenols is 1. The molecule has 2 aromatic carbocycles. The van der Waals surface area contributed by atoms with Gasteiger partial charge in [0.15, 0.2) is 46.8 Å². The smallest absolute Gasteiger partial charge is 0.174 e. The monoisotopic (exact) mass is 791 g/mol. The number of piperidine rings is 2. The first-order chi connectivity index (χ1) is 28.1. The van der Waals surface area contributed by atoms with Crippen molar-refractivity contribution in [1.82, 2.24) is 4.90 Å². The molecule has 58 heavy (non-hydrogen) atoms. The highest BCUT2D eigenvalue weighted by Crippen LogP contribution is 2.68. The van der Waals surface area contributed by atoms with Crippen LogP contribution in [0, 0.1) is 23.7 Å². The van der Waals surface area contributed by atoms with Gasteiger partial charge in [0.1, 0.15) is 11.6 Å². The third-order valence-electron chi connectivity index (χ3n) is 18.1. The Kier molecular flexibility index (Phi) is 7.23. The van der Waals surface area contributed by atoms with Gasteiger partial charge in [0.25, 0.3) is 0 Å². The molecule has 2 saturated heterocycles. The molecule has 8 aliphatic carbocycles. The normalized spacial score (nSPS) is 40.4. The number of likely N-dealkylation sites (tertiary alicyclic amines) is 2. The summed E-state index contributed by atoms with van der Waals surface area (Å²) in [6.07, 6.45) is 14.5. The maximum absolute atomic E-state index is 13.0. The van der Waals surface area contributed by atoms with Gasteiger partial charge >= 0.3 is 0 Å². The highest BCUT2D eigenvalue weighted by Gasteiger charge is 2.78. The van der Waals surface area contributed by atoms with Crippen molar-refractivity contribution in [3.8, 4) is 23.0 Å². The molecule has 4 heterocycles. The van der Waals surface area contributed by atoms with E-state index in [0.29, 0.717) is 37.4 Å². The van der Waals surface area contributed by atoms with Crippen molar-refractivity contribution < 1.29 is 43.6 Å². The zero-order chi connectivity index (χ0) is 39.0. The van der Waals surface area contributed by atoms with Gasteiger partial charge < -0.3 is 34.0 Å². The molecule has 2 aromatic rings. The number of quaternary nitrogens is 1. The molecule has 14 rings (SSSR count). The summed E-state index contributed by atoms with van der Waals surface area (Å²) in [4.78, 5) is 28.6. The Hall–Kier alpha value is -3.18. The second-order valence-corrected chi connectivity index (χ2v) is 21.4. The third kappa shape index (κ3) is 4.64. The van der Waals surface area contributed by atoms with E-state index in [1.165, 1.54) is 75.6 Å². The van der Waals surface area contributed by atoms with Crippen LogP contribution in [0.15, 0.2) is 24.3 Å². The summed E-state index contributed by atoms with van der Waals surface area (Å²) in [7, 11) is 0. The molecule has 8 atom stereocenters. The van der Waals surface area contributed by atoms with Gasteiger partial charge in [0.2, 0.25) is 0 Å². The highest BCUT2D eigenvalue weighted by atomic mass is 16.5. The Morgan fingerprint density at radius 1 is 0.707 bits per heavy atom. The van der Waals surface area contributed by atoms with Crippen molar-refractivity contribution in [2.24, 2.45) is 23.7 Å². The van der Waals surface area contributed by atoms with Crippen LogP contribution < -0.4 is 14.2 Å². The summed E-state index contributed by atoms with van der Waals surface area (Å²) in [5.74, 6) is 5.45. The van der Waals surface area contributed by atoms with E-state index in [2.05, 4.69) is 11.0 Å². The van der Waals surface area contributed by atoms with Gasteiger partial charge in [0, 0.05) is 61.2 Å². The molecule has 2 spiro atoms. The number of aliphatic hydroxyl groups is 2. The SMILES string of the molecule is O=C1CC[C@@]2(O)C3Cc4ccc(O)c5c4[C@@]2(CC[N+]3(CC2CC2)CC2CC2)[C@H]1O5.O=C1CC[C@@]2(O)C3Cc4ccc(OCC5CC5)c5c4[C@@]2(CCN3CC2CC2)[C@H]1O5. The number of aromatic hydroxyl groups is 1. The number of nitrogens with zero attached hydrogens (tertiary/aromatic N) is 2. The van der Waals surface area contributed by atoms with Crippen molar-refractivity contribution in [3.05, 3.63) is 46.5 Å². The minimum atomic E-state index is -0.917. The lowest BCUT2D eigenvalue weighted by Crippen LogP contribution is -2.82. The number of phenolic OH excluding ortho intramolecular Hbond substituents is 1. The van der Waals surface area contributed by atoms with E-state index >= 15 is 0 Å². The predicted octanol–water partition coefficient (Wildman–Crippen LogP) is 5.06. The zero-order valence-corrected chi connectivity index (χ0v) is 33.8. The summed E-state index contributed by atoms with van der Waals surface area (Å²) in [5.41, 5.74) is 1.47. The van der Waals surface area contributed by atoms with Gasteiger partial charge in [-0.3, -0.25) is 14.5 Å². The fraction of sp³-hybridized carbons (Fsp3) is 0.708. The highest BCUT2D eigenvalue weighted by molar-refractivity contribution is 5.91. The van der Waals surface area contributed by atoms with E-state index in [-0.39, 0.29) is 29.4 Å². The number of ketones is 2. The van der Waals surface area contributed by atoms with Gasteiger partial charge in [-0.1, -0.05) is 12.1 Å². The van der Waals surface area contributed by atoms with Crippen molar-refractivity contribution in [2.75, 3.05) is 39.3 Å². The van der Waals surface area contributed by atoms with Gasteiger partial charge in [-0.25, -0.2) is 0 Å². The minimum Gasteiger partial charge on any atom is -0.504 e. The summed E-state index contributed by atoms with van der Waals surface area (Å²) >= 11 is 0. The molecule has 2 unspecified atom stereocenters. The van der Waals surface area contributed by atoms with Crippen LogP contribution in [-0.2, 0) is 33.3 Å². The number of carbonyl (C=O) groups is 2. The van der Waals surface area contributed by atoms with Gasteiger partial charge in [-0.2, -0.15) is 0 Å². The molecule has 0 aromatic heterocycles. The largest absolute Gasteiger partial charge is 0.504 e. The Bertz CT molecular complexity index is 2130. The molecular weight excluding hydrogens is 733 g/mol. The number of rotatable bonds is 9. The topological polar surface area (TPSA) is 126 Å². The molecule has 3 N–H and O–H groups in total. The van der Waals surface area contributed by atoms with Gasteiger partial charge in [-0.05, 0) is 119 Å². The summed E-state index contributed by atoms with van der Waals surface area (Å²) in [5, 5.41) is 35.2. The standard InChI is InChI=1S/2C24H29NO4/c26-17-7-8-24(27)19-11-16-5-6-18(28-13-15-3-4-15)21-20(16)23(24,22(17)29-21)9-10-25(19)12-14-1-2-14;26-17-6-5-16-11-19-24(28)8-7-18(27)22-23(24,20(16)21(17)29-22)9-10-25(19,12-14-1-2-14)13-15-3-4-15/h5-6,14-15,19,22,27H,1-4,7-13H2;5-6,14-15,19,22,28H,1-4,7-13H2/p+1/t2*19?,22-,23-,24+/m00/s1. The number of hydrogen-bond acceptors (Lipinski definition) is 9. The average molecular weight is 792 g/mol. The van der Waals surface area contributed by atoms with Crippen LogP contribution in [0.2, 0.25) is 0 Å². The maximum atomic E-state index is 13.0. The molecule has 6 saturated carbocycles. The summed E-state index contributed by atoms with van der Waals surface area (Å²) in [6.45, 7) is 6.18. The average Bonchev–Trinajstić information content (AvgIpc) is 3.97. The van der Waals surface area contributed by atoms with E-state index in [1.807, 2.05) is 12.1 Å². The molecule has 4 bridgehead atoms. The lowest BCUT2D eigenvalue weighted by Gasteiger charge is -2.65. The van der Waals surface area contributed by atoms with Crippen LogP contribution >= 0.6 is 0 Å². The third-order valence-corrected chi connectivity index (χ3v) is 18.1. The van der Waals surface area contributed by atoms with Crippen LogP contribution in [0.5, 0.6) is 23.0 Å². The molecule has 10 nitrogen and oxygen atoms in total. The number of ether oxygens (including phenoxy) is 3. The van der Waals surface area contributed by atoms with Crippen LogP contribution in [0.3, 0.4) is 0 Å². The zero-order valence-electron chi connectivity index (χ0n) is 33.8. The lowest BCUT2D eigenvalue weighted by molar-refractivity contribution is -0.969. The van der Waals surface area contributed by atoms with Crippen molar-refractivity contribution >= 4 is 11.6 Å². The fourth-order valence-electron chi connectivity index (χ4n) is 14.7. The molecule has 0 amide bonds. The first-order valence-electron chi connectivity index (χ1n) is 23.1. The van der Waals surface area contributed by atoms with Crippen molar-refractivity contribution in [2.45, 2.75) is 149 Å². The summed E-state index contributed by atoms with van der Waals surface area (Å²) < 4.78 is 19.8. The van der Waals surface area contributed by atoms with E-state index < -0.39 is 34.2 Å². The van der Waals surface area contributed by atoms with Crippen LogP contribution in [0.4, 0.5) is 0 Å². The predicted molar refractivity (Wildman–Crippen MR) is 212 cm³/mol. The fourth-order valence-corrected chi connectivity index (χ4v) is 14.7. The maximum Gasteiger partial charge on any atom is 0.174 e. The van der Waals surface area contributed by atoms with Gasteiger partial charge in [-0.15, -0.1) is 0 Å². The molecule has 10 heteroatoms. The van der Waals surface area contributed by atoms with E-state index in [9.17, 15) is 24.9 Å². The van der Waals surface area contributed by atoms with Crippen molar-refractivity contribution in [1.29, 1.82) is 0 Å². The first kappa shape index (κ1) is 35.6. The molecular formula is C48H59N2O8+. The van der Waals surface area contributed by atoms with Crippen LogP contribution in [0.1, 0.15) is 112 Å². The van der Waals surface area contributed by atoms with E-state index in [0.717, 1.165) is 96.8 Å². The van der Waals surface area contributed by atoms with E-state index in [1.54, 1.807) is 6.07 Å². The number of Topliss-reactive ketones (excluding diaryl/α,β-unsaturated/α-hetero) is 2. The number of carbonyl (C=O) groups excluding carboxylic acids is 2. The quantitative estimate of drug-likeness (QED) is 0.299. The number of benzene rings is 2. The lowest BCUT2D eigenvalue weighted by atomic mass is 9.48. The molecule has 12 aliphatic rings. The van der Waals surface area contributed by atoms with Crippen LogP contribution in [0.25, 0.3) is 0 Å². The first-order valence-corrected chi connectivity index (χ1v) is 23.1. The molecule has 4 aliphatic heterocycles. The Morgan fingerprint density at radius 2 is 1.31 bits per heavy atom. The van der Waals surface area contributed by atoms with Crippen LogP contribution in [-0.4, -0.2) is 111 Å². The second-order valence-electron chi connectivity index (χ2n) is 21.4. The van der Waals surface area contributed by atoms with E-state index in [4.69, 9.17) is 14.2 Å². The molecule has 8 fully saturated rings. The number of hydrogen-bond donors (Lipinski definition) is 3. The summed E-state index contributed by atoms with van der Waals surface area (Å²) in [6, 6.07) is 8.21. The Labute approximate surface area is 340 Å². The van der Waals surface area contributed by atoms with Gasteiger partial charge in [0.05, 0.1) is 42.7 Å². The van der Waals surface area contributed by atoms with Crippen molar-refractivity contribution in [3.63, 3.8) is 0 Å². The second kappa shape index (κ2) is 11.8. The minimum absolute atomic E-state index is 0.0905. The molecule has 308 valence electrons.